The Labute approximate surface area is 197 Å². The first-order valence-electron chi connectivity index (χ1n) is 11.3. The molecule has 7 heteroatoms. The second-order valence-corrected chi connectivity index (χ2v) is 10.0. The molecule has 1 aliphatic heterocycles. The zero-order valence-corrected chi connectivity index (χ0v) is 19.9. The normalized spacial score (nSPS) is 20.8. The zero-order chi connectivity index (χ0) is 23.3. The Balaban J connectivity index is 1.41. The van der Waals surface area contributed by atoms with Crippen molar-refractivity contribution in [3.8, 4) is 0 Å². The van der Waals surface area contributed by atoms with E-state index in [9.17, 15) is 14.4 Å². The standard InChI is InChI=1S/C26H27N3O3S/c1-16-14-20(18(3)29(16)17(2)19-8-5-4-6-9-19)22(30)15-28-24(31)26(27-25(28)32)12-7-10-23-21(26)11-13-33-23/h4-6,8-9,11,13-14,17H,7,10,12,15H2,1-3H3,(H,27,32)/t17-,26-/m0/s1. The minimum absolute atomic E-state index is 0.0620. The fraction of sp³-hybridized carbons (Fsp3) is 0.346. The molecular formula is C26H27N3O3S. The number of thiophene rings is 1. The predicted octanol–water partition coefficient (Wildman–Crippen LogP) is 4.74. The lowest BCUT2D eigenvalue weighted by Crippen LogP contribution is -2.46. The monoisotopic (exact) mass is 461 g/mol. The quantitative estimate of drug-likeness (QED) is 0.441. The number of hydrogen-bond acceptors (Lipinski definition) is 4. The molecule has 2 aromatic heterocycles. The van der Waals surface area contributed by atoms with Crippen LogP contribution in [0.1, 0.15) is 63.6 Å². The molecule has 3 heterocycles. The van der Waals surface area contributed by atoms with Crippen molar-refractivity contribution in [2.45, 2.75) is 51.6 Å². The third-order valence-corrected chi connectivity index (χ3v) is 8.07. The predicted molar refractivity (Wildman–Crippen MR) is 128 cm³/mol. The van der Waals surface area contributed by atoms with E-state index in [1.807, 2.05) is 49.6 Å². The number of nitrogens with zero attached hydrogens (tertiary/aromatic N) is 2. The number of ketones is 1. The summed E-state index contributed by atoms with van der Waals surface area (Å²) >= 11 is 1.62. The van der Waals surface area contributed by atoms with Crippen LogP contribution in [0.4, 0.5) is 4.79 Å². The molecule has 1 aliphatic carbocycles. The van der Waals surface area contributed by atoms with E-state index in [1.54, 1.807) is 11.3 Å². The van der Waals surface area contributed by atoms with Crippen LogP contribution in [0.15, 0.2) is 47.8 Å². The summed E-state index contributed by atoms with van der Waals surface area (Å²) in [5.74, 6) is -0.539. The average Bonchev–Trinajstić information content (AvgIpc) is 3.47. The Bertz CT molecular complexity index is 1260. The van der Waals surface area contributed by atoms with Crippen LogP contribution in [0.5, 0.6) is 0 Å². The second-order valence-electron chi connectivity index (χ2n) is 9.00. The fourth-order valence-electron chi connectivity index (χ4n) is 5.45. The van der Waals surface area contributed by atoms with Gasteiger partial charge in [-0.05, 0) is 63.1 Å². The van der Waals surface area contributed by atoms with Gasteiger partial charge in [-0.1, -0.05) is 30.3 Å². The van der Waals surface area contributed by atoms with Gasteiger partial charge in [0, 0.05) is 27.4 Å². The number of imide groups is 1. The number of Topliss-reactive ketones (excluding diaryl/α,β-unsaturated/α-hetero) is 1. The minimum Gasteiger partial charge on any atom is -0.341 e. The summed E-state index contributed by atoms with van der Waals surface area (Å²) in [6.07, 6.45) is 2.32. The summed E-state index contributed by atoms with van der Waals surface area (Å²) in [5, 5.41) is 4.89. The number of urea groups is 1. The number of carbonyl (C=O) groups excluding carboxylic acids is 3. The van der Waals surface area contributed by atoms with Crippen molar-refractivity contribution in [1.29, 1.82) is 0 Å². The molecule has 3 amide bonds. The van der Waals surface area contributed by atoms with Gasteiger partial charge in [0.15, 0.2) is 5.78 Å². The molecule has 1 fully saturated rings. The van der Waals surface area contributed by atoms with E-state index in [-0.39, 0.29) is 24.3 Å². The van der Waals surface area contributed by atoms with Crippen LogP contribution in [0.2, 0.25) is 0 Å². The van der Waals surface area contributed by atoms with E-state index in [0.29, 0.717) is 12.0 Å². The summed E-state index contributed by atoms with van der Waals surface area (Å²) in [7, 11) is 0. The number of nitrogens with one attached hydrogen (secondary N) is 1. The van der Waals surface area contributed by atoms with Crippen LogP contribution < -0.4 is 5.32 Å². The number of rotatable bonds is 5. The third kappa shape index (κ3) is 3.33. The van der Waals surface area contributed by atoms with Crippen molar-refractivity contribution in [2.75, 3.05) is 6.54 Å². The highest BCUT2D eigenvalue weighted by Crippen LogP contribution is 2.42. The lowest BCUT2D eigenvalue weighted by Gasteiger charge is -2.31. The molecule has 0 saturated carbocycles. The van der Waals surface area contributed by atoms with Crippen LogP contribution in [0.25, 0.3) is 0 Å². The number of carbonyl (C=O) groups is 3. The highest BCUT2D eigenvalue weighted by atomic mass is 32.1. The molecule has 6 nitrogen and oxygen atoms in total. The van der Waals surface area contributed by atoms with Crippen molar-refractivity contribution in [3.63, 3.8) is 0 Å². The van der Waals surface area contributed by atoms with Crippen LogP contribution in [-0.2, 0) is 16.8 Å². The second kappa shape index (κ2) is 7.99. The Morgan fingerprint density at radius 2 is 1.94 bits per heavy atom. The molecule has 0 unspecified atom stereocenters. The van der Waals surface area contributed by atoms with Crippen LogP contribution >= 0.6 is 11.3 Å². The van der Waals surface area contributed by atoms with Crippen LogP contribution in [-0.4, -0.2) is 33.7 Å². The zero-order valence-electron chi connectivity index (χ0n) is 19.1. The van der Waals surface area contributed by atoms with E-state index in [4.69, 9.17) is 0 Å². The fourth-order valence-corrected chi connectivity index (χ4v) is 6.45. The summed E-state index contributed by atoms with van der Waals surface area (Å²) in [5.41, 5.74) is 3.38. The smallest absolute Gasteiger partial charge is 0.325 e. The first kappa shape index (κ1) is 21.6. The maximum atomic E-state index is 13.5. The molecule has 170 valence electrons. The molecule has 1 N–H and O–H groups in total. The van der Waals surface area contributed by atoms with Crippen LogP contribution in [0, 0.1) is 13.8 Å². The minimum atomic E-state index is -1.02. The molecule has 0 bridgehead atoms. The number of benzene rings is 1. The first-order valence-corrected chi connectivity index (χ1v) is 12.2. The molecule has 2 atom stereocenters. The van der Waals surface area contributed by atoms with Crippen molar-refractivity contribution >= 4 is 29.1 Å². The first-order chi connectivity index (χ1) is 15.8. The van der Waals surface area contributed by atoms with Gasteiger partial charge < -0.3 is 9.88 Å². The number of aryl methyl sites for hydroxylation is 2. The molecule has 33 heavy (non-hydrogen) atoms. The number of aromatic nitrogens is 1. The Morgan fingerprint density at radius 1 is 1.18 bits per heavy atom. The van der Waals surface area contributed by atoms with E-state index in [1.165, 1.54) is 0 Å². The van der Waals surface area contributed by atoms with Crippen molar-refractivity contribution in [3.05, 3.63) is 80.8 Å². The number of hydrogen-bond donors (Lipinski definition) is 1. The molecule has 1 aromatic carbocycles. The largest absolute Gasteiger partial charge is 0.341 e. The van der Waals surface area contributed by atoms with Gasteiger partial charge in [0.2, 0.25) is 0 Å². The highest BCUT2D eigenvalue weighted by molar-refractivity contribution is 7.10. The van der Waals surface area contributed by atoms with Gasteiger partial charge in [-0.25, -0.2) is 4.79 Å². The molecule has 1 saturated heterocycles. The maximum absolute atomic E-state index is 13.5. The van der Waals surface area contributed by atoms with Crippen molar-refractivity contribution in [1.82, 2.24) is 14.8 Å². The topological polar surface area (TPSA) is 71.4 Å². The molecule has 0 radical (unpaired) electrons. The van der Waals surface area contributed by atoms with Gasteiger partial charge in [0.05, 0.1) is 12.6 Å². The molecule has 5 rings (SSSR count). The van der Waals surface area contributed by atoms with Gasteiger partial charge in [-0.15, -0.1) is 11.3 Å². The molecule has 1 spiro atoms. The Morgan fingerprint density at radius 3 is 2.70 bits per heavy atom. The van der Waals surface area contributed by atoms with Gasteiger partial charge >= 0.3 is 6.03 Å². The van der Waals surface area contributed by atoms with Gasteiger partial charge in [0.1, 0.15) is 5.54 Å². The summed E-state index contributed by atoms with van der Waals surface area (Å²) in [6, 6.07) is 13.5. The van der Waals surface area contributed by atoms with E-state index in [2.05, 4.69) is 28.9 Å². The highest BCUT2D eigenvalue weighted by Gasteiger charge is 2.54. The van der Waals surface area contributed by atoms with Gasteiger partial charge in [0.25, 0.3) is 5.91 Å². The lowest BCUT2D eigenvalue weighted by molar-refractivity contribution is -0.131. The van der Waals surface area contributed by atoms with E-state index < -0.39 is 11.6 Å². The average molecular weight is 462 g/mol. The maximum Gasteiger partial charge on any atom is 0.325 e. The number of fused-ring (bicyclic) bond motifs is 2. The van der Waals surface area contributed by atoms with Gasteiger partial charge in [-0.3, -0.25) is 14.5 Å². The Hall–Kier alpha value is -3.19. The summed E-state index contributed by atoms with van der Waals surface area (Å²) < 4.78 is 2.13. The van der Waals surface area contributed by atoms with Gasteiger partial charge in [-0.2, -0.15) is 0 Å². The summed E-state index contributed by atoms with van der Waals surface area (Å²) in [4.78, 5) is 41.9. The van der Waals surface area contributed by atoms with E-state index >= 15 is 0 Å². The third-order valence-electron chi connectivity index (χ3n) is 7.09. The number of amides is 3. The van der Waals surface area contributed by atoms with Crippen LogP contribution in [0.3, 0.4) is 0 Å². The van der Waals surface area contributed by atoms with E-state index in [0.717, 1.165) is 45.1 Å². The van der Waals surface area contributed by atoms with Crippen molar-refractivity contribution in [2.24, 2.45) is 0 Å². The summed E-state index contributed by atoms with van der Waals surface area (Å²) in [6.45, 7) is 5.75. The van der Waals surface area contributed by atoms with Crippen molar-refractivity contribution < 1.29 is 14.4 Å². The molecular weight excluding hydrogens is 434 g/mol. The Kier molecular flexibility index (Phi) is 5.24. The lowest BCUT2D eigenvalue weighted by atomic mass is 9.80. The molecule has 2 aliphatic rings. The SMILES string of the molecule is Cc1cc(C(=O)CN2C(=O)N[C@]3(CCCc4sccc43)C2=O)c(C)n1[C@@H](C)c1ccccc1. The molecule has 3 aromatic rings.